The van der Waals surface area contributed by atoms with Crippen molar-refractivity contribution in [3.63, 3.8) is 0 Å². The van der Waals surface area contributed by atoms with Crippen LogP contribution in [0.15, 0.2) is 6.07 Å². The average molecular weight is 249 g/mol. The van der Waals surface area contributed by atoms with Crippen molar-refractivity contribution in [2.45, 2.75) is 59.9 Å². The van der Waals surface area contributed by atoms with Crippen LogP contribution in [0.25, 0.3) is 0 Å². The Balaban J connectivity index is 2.92. The fourth-order valence-electron chi connectivity index (χ4n) is 2.44. The lowest BCUT2D eigenvalue weighted by atomic mass is 9.90. The van der Waals surface area contributed by atoms with Crippen LogP contribution in [0.2, 0.25) is 0 Å². The summed E-state index contributed by atoms with van der Waals surface area (Å²) in [5.74, 6) is 0.780. The lowest BCUT2D eigenvalue weighted by Crippen LogP contribution is -2.24. The summed E-state index contributed by atoms with van der Waals surface area (Å²) < 4.78 is 0. The molecule has 1 rings (SSSR count). The van der Waals surface area contributed by atoms with Crippen LogP contribution in [0.4, 0.5) is 0 Å². The molecular weight excluding hydrogens is 222 g/mol. The van der Waals surface area contributed by atoms with Crippen molar-refractivity contribution >= 4 is 0 Å². The Kier molecular flexibility index (Phi) is 6.27. The molecule has 0 radical (unpaired) electrons. The SMILES string of the molecule is CCNC(CC(CC)CC)c1cc(C)nnc1C. The maximum Gasteiger partial charge on any atom is 0.0648 e. The molecular formula is C15H27N3. The van der Waals surface area contributed by atoms with Crippen LogP contribution in [-0.4, -0.2) is 16.7 Å². The molecule has 1 N–H and O–H groups in total. The first-order valence-corrected chi connectivity index (χ1v) is 7.16. The summed E-state index contributed by atoms with van der Waals surface area (Å²) in [6.07, 6.45) is 3.68. The van der Waals surface area contributed by atoms with Crippen LogP contribution < -0.4 is 5.32 Å². The molecule has 18 heavy (non-hydrogen) atoms. The normalized spacial score (nSPS) is 13.0. The van der Waals surface area contributed by atoms with Crippen LogP contribution in [-0.2, 0) is 0 Å². The number of hydrogen-bond donors (Lipinski definition) is 1. The molecule has 0 saturated carbocycles. The lowest BCUT2D eigenvalue weighted by Gasteiger charge is -2.24. The van der Waals surface area contributed by atoms with Gasteiger partial charge in [-0.3, -0.25) is 0 Å². The van der Waals surface area contributed by atoms with Crippen molar-refractivity contribution in [2.24, 2.45) is 5.92 Å². The van der Waals surface area contributed by atoms with Crippen LogP contribution in [0.5, 0.6) is 0 Å². The van der Waals surface area contributed by atoms with E-state index >= 15 is 0 Å². The Labute approximate surface area is 111 Å². The number of rotatable bonds is 7. The second-order valence-corrected chi connectivity index (χ2v) is 5.05. The molecule has 0 spiro atoms. The zero-order chi connectivity index (χ0) is 13.5. The van der Waals surface area contributed by atoms with Crippen molar-refractivity contribution in [1.29, 1.82) is 0 Å². The van der Waals surface area contributed by atoms with Crippen molar-refractivity contribution in [1.82, 2.24) is 15.5 Å². The van der Waals surface area contributed by atoms with Crippen molar-refractivity contribution in [3.8, 4) is 0 Å². The molecule has 1 aromatic heterocycles. The Morgan fingerprint density at radius 1 is 1.11 bits per heavy atom. The van der Waals surface area contributed by atoms with Gasteiger partial charge >= 0.3 is 0 Å². The minimum absolute atomic E-state index is 0.411. The average Bonchev–Trinajstić information content (AvgIpc) is 2.37. The predicted octanol–water partition coefficient (Wildman–Crippen LogP) is 3.57. The van der Waals surface area contributed by atoms with Gasteiger partial charge in [-0.25, -0.2) is 0 Å². The zero-order valence-electron chi connectivity index (χ0n) is 12.5. The highest BCUT2D eigenvalue weighted by molar-refractivity contribution is 5.23. The van der Waals surface area contributed by atoms with Gasteiger partial charge in [0, 0.05) is 6.04 Å². The Bertz CT molecular complexity index is 359. The van der Waals surface area contributed by atoms with E-state index in [1.165, 1.54) is 24.8 Å². The van der Waals surface area contributed by atoms with Gasteiger partial charge in [0.25, 0.3) is 0 Å². The van der Waals surface area contributed by atoms with Gasteiger partial charge in [-0.15, -0.1) is 0 Å². The van der Waals surface area contributed by atoms with Gasteiger partial charge in [0.2, 0.25) is 0 Å². The Morgan fingerprint density at radius 3 is 2.33 bits per heavy atom. The maximum absolute atomic E-state index is 4.25. The van der Waals surface area contributed by atoms with Gasteiger partial charge in [-0.2, -0.15) is 10.2 Å². The number of aromatic nitrogens is 2. The standard InChI is InChI=1S/C15H27N3/c1-6-13(7-2)10-15(16-8-3)14-9-11(4)17-18-12(14)5/h9,13,15-16H,6-8,10H2,1-5H3. The van der Waals surface area contributed by atoms with E-state index in [0.29, 0.717) is 6.04 Å². The molecule has 0 aliphatic heterocycles. The van der Waals surface area contributed by atoms with E-state index in [-0.39, 0.29) is 0 Å². The zero-order valence-corrected chi connectivity index (χ0v) is 12.5. The minimum atomic E-state index is 0.411. The van der Waals surface area contributed by atoms with Gasteiger partial charge in [0.15, 0.2) is 0 Å². The highest BCUT2D eigenvalue weighted by Crippen LogP contribution is 2.26. The summed E-state index contributed by atoms with van der Waals surface area (Å²) in [6.45, 7) is 11.8. The first-order chi connectivity index (χ1) is 8.62. The van der Waals surface area contributed by atoms with E-state index < -0.39 is 0 Å². The molecule has 3 heteroatoms. The van der Waals surface area contributed by atoms with Gasteiger partial charge in [-0.05, 0) is 44.4 Å². The molecule has 1 unspecified atom stereocenters. The maximum atomic E-state index is 4.25. The fraction of sp³-hybridized carbons (Fsp3) is 0.733. The van der Waals surface area contributed by atoms with E-state index in [4.69, 9.17) is 0 Å². The monoisotopic (exact) mass is 249 g/mol. The fourth-order valence-corrected chi connectivity index (χ4v) is 2.44. The van der Waals surface area contributed by atoms with E-state index in [0.717, 1.165) is 23.9 Å². The second-order valence-electron chi connectivity index (χ2n) is 5.05. The molecule has 102 valence electrons. The molecule has 1 heterocycles. The summed E-state index contributed by atoms with van der Waals surface area (Å²) in [6, 6.07) is 2.59. The summed E-state index contributed by atoms with van der Waals surface area (Å²) in [7, 11) is 0. The lowest BCUT2D eigenvalue weighted by molar-refractivity contribution is 0.373. The Morgan fingerprint density at radius 2 is 1.78 bits per heavy atom. The van der Waals surface area contributed by atoms with E-state index in [1.54, 1.807) is 0 Å². The quantitative estimate of drug-likeness (QED) is 0.802. The van der Waals surface area contributed by atoms with Gasteiger partial charge in [-0.1, -0.05) is 33.6 Å². The number of nitrogens with one attached hydrogen (secondary N) is 1. The number of hydrogen-bond acceptors (Lipinski definition) is 3. The van der Waals surface area contributed by atoms with Crippen LogP contribution >= 0.6 is 0 Å². The molecule has 0 aliphatic rings. The summed E-state index contributed by atoms with van der Waals surface area (Å²) in [5, 5.41) is 12.0. The third-order valence-electron chi connectivity index (χ3n) is 3.69. The highest BCUT2D eigenvalue weighted by atomic mass is 15.1. The molecule has 0 amide bonds. The van der Waals surface area contributed by atoms with Crippen molar-refractivity contribution < 1.29 is 0 Å². The summed E-state index contributed by atoms with van der Waals surface area (Å²) in [5.41, 5.74) is 3.37. The van der Waals surface area contributed by atoms with Gasteiger partial charge in [0.05, 0.1) is 11.4 Å². The molecule has 0 fully saturated rings. The van der Waals surface area contributed by atoms with Crippen molar-refractivity contribution in [3.05, 3.63) is 23.0 Å². The summed E-state index contributed by atoms with van der Waals surface area (Å²) in [4.78, 5) is 0. The highest BCUT2D eigenvalue weighted by Gasteiger charge is 2.18. The second kappa shape index (κ2) is 7.47. The first kappa shape index (κ1) is 15.1. The van der Waals surface area contributed by atoms with Crippen molar-refractivity contribution in [2.75, 3.05) is 6.54 Å². The third-order valence-corrected chi connectivity index (χ3v) is 3.69. The molecule has 0 aliphatic carbocycles. The van der Waals surface area contributed by atoms with Crippen LogP contribution in [0.3, 0.4) is 0 Å². The molecule has 1 aromatic rings. The Hall–Kier alpha value is -0.960. The predicted molar refractivity (Wildman–Crippen MR) is 76.6 cm³/mol. The molecule has 0 bridgehead atoms. The van der Waals surface area contributed by atoms with E-state index in [9.17, 15) is 0 Å². The van der Waals surface area contributed by atoms with E-state index in [2.05, 4.69) is 49.3 Å². The van der Waals surface area contributed by atoms with Gasteiger partial charge in [0.1, 0.15) is 0 Å². The largest absolute Gasteiger partial charge is 0.310 e. The molecule has 3 nitrogen and oxygen atoms in total. The van der Waals surface area contributed by atoms with Crippen LogP contribution in [0.1, 0.15) is 63.0 Å². The molecule has 0 saturated heterocycles. The minimum Gasteiger partial charge on any atom is -0.310 e. The number of aryl methyl sites for hydroxylation is 2. The number of nitrogens with zero attached hydrogens (tertiary/aromatic N) is 2. The first-order valence-electron chi connectivity index (χ1n) is 7.16. The van der Waals surface area contributed by atoms with Crippen LogP contribution in [0, 0.1) is 19.8 Å². The topological polar surface area (TPSA) is 37.8 Å². The van der Waals surface area contributed by atoms with Gasteiger partial charge < -0.3 is 5.32 Å². The van der Waals surface area contributed by atoms with E-state index in [1.807, 2.05) is 6.92 Å². The third kappa shape index (κ3) is 4.05. The summed E-state index contributed by atoms with van der Waals surface area (Å²) >= 11 is 0. The molecule has 0 aromatic carbocycles. The smallest absolute Gasteiger partial charge is 0.0648 e. The molecule has 1 atom stereocenters.